The summed E-state index contributed by atoms with van der Waals surface area (Å²) in [7, 11) is 2.11. The van der Waals surface area contributed by atoms with Crippen LogP contribution in [0.15, 0.2) is 11.5 Å². The maximum atomic E-state index is 9.62. The van der Waals surface area contributed by atoms with Gasteiger partial charge in [-0.2, -0.15) is 0 Å². The zero-order valence-electron chi connectivity index (χ0n) is 8.17. The highest BCUT2D eigenvalue weighted by atomic mass is 16.3. The first kappa shape index (κ1) is 9.39. The molecule has 3 heteroatoms. The second-order valence-electron chi connectivity index (χ2n) is 3.61. The van der Waals surface area contributed by atoms with Crippen LogP contribution in [-0.4, -0.2) is 48.1 Å². The third-order valence-electron chi connectivity index (χ3n) is 2.25. The Morgan fingerprint density at radius 3 is 2.00 bits per heavy atom. The smallest absolute Gasteiger partial charge is 0.185 e. The van der Waals surface area contributed by atoms with Crippen molar-refractivity contribution in [2.45, 2.75) is 13.8 Å². The SMILES string of the molecule is CC(C)=C(O)N1CCN(C)CC1. The maximum Gasteiger partial charge on any atom is 0.185 e. The Hall–Kier alpha value is -0.700. The Bertz CT molecular complexity index is 177. The van der Waals surface area contributed by atoms with Gasteiger partial charge in [-0.3, -0.25) is 0 Å². The van der Waals surface area contributed by atoms with E-state index in [1.807, 2.05) is 18.7 Å². The zero-order valence-corrected chi connectivity index (χ0v) is 8.17. The minimum absolute atomic E-state index is 0.461. The quantitative estimate of drug-likeness (QED) is 0.596. The fraction of sp³-hybridized carbons (Fsp3) is 0.778. The van der Waals surface area contributed by atoms with Gasteiger partial charge in [0.2, 0.25) is 0 Å². The van der Waals surface area contributed by atoms with Crippen LogP contribution < -0.4 is 0 Å². The third-order valence-corrected chi connectivity index (χ3v) is 2.25. The topological polar surface area (TPSA) is 26.7 Å². The van der Waals surface area contributed by atoms with Crippen LogP contribution in [0.25, 0.3) is 0 Å². The average molecular weight is 170 g/mol. The van der Waals surface area contributed by atoms with E-state index in [-0.39, 0.29) is 0 Å². The highest BCUT2D eigenvalue weighted by molar-refractivity contribution is 5.01. The summed E-state index contributed by atoms with van der Waals surface area (Å²) in [4.78, 5) is 4.31. The van der Waals surface area contributed by atoms with Crippen molar-refractivity contribution < 1.29 is 5.11 Å². The van der Waals surface area contributed by atoms with Crippen LogP contribution in [0.1, 0.15) is 13.8 Å². The zero-order chi connectivity index (χ0) is 9.14. The highest BCUT2D eigenvalue weighted by Gasteiger charge is 2.15. The van der Waals surface area contributed by atoms with Gasteiger partial charge < -0.3 is 14.9 Å². The van der Waals surface area contributed by atoms with Crippen LogP contribution in [-0.2, 0) is 0 Å². The molecule has 0 aromatic carbocycles. The lowest BCUT2D eigenvalue weighted by Crippen LogP contribution is -2.44. The molecule has 1 aliphatic heterocycles. The van der Waals surface area contributed by atoms with E-state index in [1.54, 1.807) is 0 Å². The number of allylic oxidation sites excluding steroid dienone is 1. The number of hydrogen-bond donors (Lipinski definition) is 1. The van der Waals surface area contributed by atoms with Crippen molar-refractivity contribution in [3.05, 3.63) is 11.5 Å². The Balaban J connectivity index is 2.50. The number of aliphatic hydroxyl groups excluding tert-OH is 1. The van der Waals surface area contributed by atoms with Gasteiger partial charge in [-0.15, -0.1) is 0 Å². The molecule has 0 aromatic heterocycles. The minimum Gasteiger partial charge on any atom is -0.495 e. The first-order valence-electron chi connectivity index (χ1n) is 4.41. The number of likely N-dealkylation sites (N-methyl/N-ethyl adjacent to an activating group) is 1. The summed E-state index contributed by atoms with van der Waals surface area (Å²) in [6.45, 7) is 7.83. The van der Waals surface area contributed by atoms with E-state index in [2.05, 4.69) is 11.9 Å². The van der Waals surface area contributed by atoms with E-state index in [4.69, 9.17) is 0 Å². The molecule has 1 N–H and O–H groups in total. The van der Waals surface area contributed by atoms with Crippen molar-refractivity contribution in [2.24, 2.45) is 0 Å². The molecule has 0 amide bonds. The highest BCUT2D eigenvalue weighted by Crippen LogP contribution is 2.09. The third kappa shape index (κ3) is 2.14. The number of piperazine rings is 1. The van der Waals surface area contributed by atoms with E-state index in [1.165, 1.54) is 0 Å². The van der Waals surface area contributed by atoms with E-state index >= 15 is 0 Å². The first-order chi connectivity index (χ1) is 5.61. The van der Waals surface area contributed by atoms with Crippen LogP contribution in [0.5, 0.6) is 0 Å². The fourth-order valence-electron chi connectivity index (χ4n) is 1.33. The lowest BCUT2D eigenvalue weighted by Gasteiger charge is -2.33. The molecule has 12 heavy (non-hydrogen) atoms. The van der Waals surface area contributed by atoms with Gasteiger partial charge in [0.05, 0.1) is 0 Å². The fourth-order valence-corrected chi connectivity index (χ4v) is 1.33. The van der Waals surface area contributed by atoms with E-state index in [9.17, 15) is 5.11 Å². The van der Waals surface area contributed by atoms with E-state index in [0.29, 0.717) is 5.88 Å². The van der Waals surface area contributed by atoms with E-state index < -0.39 is 0 Å². The summed E-state index contributed by atoms with van der Waals surface area (Å²) in [5, 5.41) is 9.62. The van der Waals surface area contributed by atoms with Crippen molar-refractivity contribution in [3.63, 3.8) is 0 Å². The molecule has 0 unspecified atom stereocenters. The molecule has 1 heterocycles. The predicted molar refractivity (Wildman–Crippen MR) is 50.1 cm³/mol. The lowest BCUT2D eigenvalue weighted by atomic mass is 10.3. The molecule has 0 spiro atoms. The monoisotopic (exact) mass is 170 g/mol. The van der Waals surface area contributed by atoms with Gasteiger partial charge in [0.25, 0.3) is 0 Å². The van der Waals surface area contributed by atoms with Crippen molar-refractivity contribution in [1.82, 2.24) is 9.80 Å². The number of aliphatic hydroxyl groups is 1. The van der Waals surface area contributed by atoms with Crippen LogP contribution in [0.3, 0.4) is 0 Å². The average Bonchev–Trinajstić information content (AvgIpc) is 2.04. The van der Waals surface area contributed by atoms with Crippen LogP contribution >= 0.6 is 0 Å². The molecule has 3 nitrogen and oxygen atoms in total. The summed E-state index contributed by atoms with van der Waals surface area (Å²) in [6.07, 6.45) is 0. The molecule has 0 aliphatic carbocycles. The maximum absolute atomic E-state index is 9.62. The standard InChI is InChI=1S/C9H18N2O/c1-8(2)9(12)11-6-4-10(3)5-7-11/h12H,4-7H2,1-3H3. The molecular weight excluding hydrogens is 152 g/mol. The van der Waals surface area contributed by atoms with Gasteiger partial charge in [0.15, 0.2) is 5.88 Å². The number of rotatable bonds is 1. The summed E-state index contributed by atoms with van der Waals surface area (Å²) < 4.78 is 0. The number of nitrogens with zero attached hydrogens (tertiary/aromatic N) is 2. The Kier molecular flexibility index (Phi) is 2.98. The van der Waals surface area contributed by atoms with Crippen molar-refractivity contribution in [1.29, 1.82) is 0 Å². The molecule has 0 atom stereocenters. The van der Waals surface area contributed by atoms with Crippen molar-refractivity contribution in [2.75, 3.05) is 33.2 Å². The Morgan fingerprint density at radius 2 is 1.58 bits per heavy atom. The van der Waals surface area contributed by atoms with Crippen LogP contribution in [0.2, 0.25) is 0 Å². The molecule has 1 saturated heterocycles. The van der Waals surface area contributed by atoms with Gasteiger partial charge in [-0.05, 0) is 26.5 Å². The first-order valence-corrected chi connectivity index (χ1v) is 4.41. The van der Waals surface area contributed by atoms with Gasteiger partial charge >= 0.3 is 0 Å². The summed E-state index contributed by atoms with van der Waals surface area (Å²) in [5.41, 5.74) is 1.000. The van der Waals surface area contributed by atoms with Crippen molar-refractivity contribution in [3.8, 4) is 0 Å². The molecule has 0 aromatic rings. The summed E-state index contributed by atoms with van der Waals surface area (Å²) in [5.74, 6) is 0.461. The van der Waals surface area contributed by atoms with Gasteiger partial charge in [-0.25, -0.2) is 0 Å². The number of hydrogen-bond acceptors (Lipinski definition) is 3. The van der Waals surface area contributed by atoms with Crippen LogP contribution in [0, 0.1) is 0 Å². The van der Waals surface area contributed by atoms with Gasteiger partial charge in [-0.1, -0.05) is 0 Å². The lowest BCUT2D eigenvalue weighted by molar-refractivity contribution is 0.126. The molecule has 0 saturated carbocycles. The molecule has 0 bridgehead atoms. The molecular formula is C9H18N2O. The molecule has 0 radical (unpaired) electrons. The molecule has 1 fully saturated rings. The molecule has 70 valence electrons. The Morgan fingerprint density at radius 1 is 1.08 bits per heavy atom. The normalized spacial score (nSPS) is 19.4. The van der Waals surface area contributed by atoms with Crippen LogP contribution in [0.4, 0.5) is 0 Å². The molecule has 1 rings (SSSR count). The van der Waals surface area contributed by atoms with Gasteiger partial charge in [0, 0.05) is 26.2 Å². The molecule has 1 aliphatic rings. The van der Waals surface area contributed by atoms with Crippen molar-refractivity contribution >= 4 is 0 Å². The Labute approximate surface area is 74.3 Å². The minimum atomic E-state index is 0.461. The predicted octanol–water partition coefficient (Wildman–Crippen LogP) is 1.04. The summed E-state index contributed by atoms with van der Waals surface area (Å²) >= 11 is 0. The van der Waals surface area contributed by atoms with Gasteiger partial charge in [0.1, 0.15) is 0 Å². The van der Waals surface area contributed by atoms with E-state index in [0.717, 1.165) is 31.8 Å². The summed E-state index contributed by atoms with van der Waals surface area (Å²) in [6, 6.07) is 0. The largest absolute Gasteiger partial charge is 0.495 e. The second-order valence-corrected chi connectivity index (χ2v) is 3.61. The second kappa shape index (κ2) is 3.81.